The van der Waals surface area contributed by atoms with Crippen LogP contribution in [-0.2, 0) is 17.8 Å². The molecule has 1 unspecified atom stereocenters. The van der Waals surface area contributed by atoms with Crippen LogP contribution in [0, 0.1) is 17.2 Å². The van der Waals surface area contributed by atoms with Crippen LogP contribution in [-0.4, -0.2) is 48.1 Å². The number of nitrogens with zero attached hydrogens (tertiary/aromatic N) is 3. The van der Waals surface area contributed by atoms with Gasteiger partial charge >= 0.3 is 18.4 Å². The van der Waals surface area contributed by atoms with Gasteiger partial charge in [0, 0.05) is 18.3 Å². The third-order valence-electron chi connectivity index (χ3n) is 8.89. The standard InChI is InChI=1S/C30H32F6N4O/c31-29(32,33)22-14-23(30(34,35)36)16-25(15-22)38-27(41)40(12-4-11-39-9-1-2-10-39)26-7-8-28(18-24(28)17-26)21-6-3-5-20(13-21)19-37/h3,5-6,13-16,24,26H,1-2,4,7-12,17-18H2,(H,38,41)/t24?,26-,28+/m1/s1. The van der Waals surface area contributed by atoms with Gasteiger partial charge in [-0.15, -0.1) is 0 Å². The van der Waals surface area contributed by atoms with Crippen molar-refractivity contribution in [3.05, 3.63) is 64.7 Å². The molecule has 220 valence electrons. The van der Waals surface area contributed by atoms with Gasteiger partial charge < -0.3 is 15.1 Å². The second-order valence-electron chi connectivity index (χ2n) is 11.5. The van der Waals surface area contributed by atoms with Gasteiger partial charge in [0.1, 0.15) is 0 Å². The van der Waals surface area contributed by atoms with E-state index in [1.807, 2.05) is 18.2 Å². The van der Waals surface area contributed by atoms with E-state index in [0.717, 1.165) is 50.9 Å². The Labute approximate surface area is 235 Å². The lowest BCUT2D eigenvalue weighted by molar-refractivity contribution is -0.143. The van der Waals surface area contributed by atoms with Gasteiger partial charge in [0.2, 0.25) is 0 Å². The molecular formula is C30H32F6N4O. The summed E-state index contributed by atoms with van der Waals surface area (Å²) in [6.45, 7) is 3.08. The third-order valence-corrected chi connectivity index (χ3v) is 8.89. The fourth-order valence-electron chi connectivity index (χ4n) is 6.69. The molecule has 5 rings (SSSR count). The molecule has 0 spiro atoms. The van der Waals surface area contributed by atoms with Gasteiger partial charge in [-0.1, -0.05) is 12.1 Å². The van der Waals surface area contributed by atoms with Crippen molar-refractivity contribution in [1.29, 1.82) is 5.26 Å². The molecule has 3 fully saturated rings. The number of rotatable bonds is 7. The maximum absolute atomic E-state index is 13.5. The largest absolute Gasteiger partial charge is 0.416 e. The van der Waals surface area contributed by atoms with E-state index in [4.69, 9.17) is 0 Å². The zero-order valence-electron chi connectivity index (χ0n) is 22.5. The van der Waals surface area contributed by atoms with Crippen molar-refractivity contribution < 1.29 is 31.1 Å². The second-order valence-corrected chi connectivity index (χ2v) is 11.5. The highest BCUT2D eigenvalue weighted by Gasteiger charge is 2.58. The average Bonchev–Trinajstić information content (AvgIpc) is 3.44. The topological polar surface area (TPSA) is 59.4 Å². The lowest BCUT2D eigenvalue weighted by Gasteiger charge is -2.37. The van der Waals surface area contributed by atoms with Gasteiger partial charge in [-0.2, -0.15) is 31.6 Å². The molecule has 2 saturated carbocycles. The number of amides is 2. The van der Waals surface area contributed by atoms with Gasteiger partial charge in [-0.3, -0.25) is 0 Å². The van der Waals surface area contributed by atoms with Crippen molar-refractivity contribution in [1.82, 2.24) is 9.80 Å². The lowest BCUT2D eigenvalue weighted by atomic mass is 9.80. The number of nitrogens with one attached hydrogen (secondary N) is 1. The quantitative estimate of drug-likeness (QED) is 0.348. The molecule has 1 saturated heterocycles. The summed E-state index contributed by atoms with van der Waals surface area (Å²) >= 11 is 0. The number of anilines is 1. The minimum Gasteiger partial charge on any atom is -0.321 e. The molecule has 41 heavy (non-hydrogen) atoms. The molecule has 2 aromatic rings. The van der Waals surface area contributed by atoms with Crippen LogP contribution in [0.1, 0.15) is 67.2 Å². The first-order chi connectivity index (χ1) is 19.4. The Bertz CT molecular complexity index is 1280. The highest BCUT2D eigenvalue weighted by molar-refractivity contribution is 5.90. The van der Waals surface area contributed by atoms with Crippen LogP contribution >= 0.6 is 0 Å². The van der Waals surface area contributed by atoms with Crippen molar-refractivity contribution in [3.8, 4) is 6.07 Å². The second kappa shape index (κ2) is 11.2. The molecule has 3 aliphatic rings. The fourth-order valence-corrected chi connectivity index (χ4v) is 6.69. The molecule has 1 aliphatic heterocycles. The first-order valence-electron chi connectivity index (χ1n) is 14.0. The van der Waals surface area contributed by atoms with E-state index in [1.54, 1.807) is 11.0 Å². The molecule has 5 nitrogen and oxygen atoms in total. The summed E-state index contributed by atoms with van der Waals surface area (Å²) < 4.78 is 80.4. The number of fused-ring (bicyclic) bond motifs is 1. The van der Waals surface area contributed by atoms with Gasteiger partial charge in [0.05, 0.1) is 22.8 Å². The summed E-state index contributed by atoms with van der Waals surface area (Å²) in [7, 11) is 0. The number of carbonyl (C=O) groups is 1. The minimum absolute atomic E-state index is 0.0519. The Balaban J connectivity index is 1.34. The van der Waals surface area contributed by atoms with Gasteiger partial charge in [0.15, 0.2) is 0 Å². The van der Waals surface area contributed by atoms with Crippen LogP contribution in [0.25, 0.3) is 0 Å². The summed E-state index contributed by atoms with van der Waals surface area (Å²) in [4.78, 5) is 17.4. The Morgan fingerprint density at radius 1 is 1.05 bits per heavy atom. The molecule has 11 heteroatoms. The normalized spacial score (nSPS) is 24.4. The zero-order chi connectivity index (χ0) is 29.4. The first-order valence-corrected chi connectivity index (χ1v) is 14.0. The first kappa shape index (κ1) is 29.2. The number of alkyl halides is 6. The van der Waals surface area contributed by atoms with Crippen LogP contribution in [0.15, 0.2) is 42.5 Å². The highest BCUT2D eigenvalue weighted by Crippen LogP contribution is 2.63. The maximum atomic E-state index is 13.5. The molecule has 0 aromatic heterocycles. The SMILES string of the molecule is N#Cc1cccc([C@@]23CC[C@@H](N(CCCN4CCCC4)C(=O)Nc4cc(C(F)(F)F)cc(C(F)(F)F)c4)CC2C3)c1. The Kier molecular flexibility index (Phi) is 7.99. The minimum atomic E-state index is -5.00. The van der Waals surface area contributed by atoms with Gasteiger partial charge in [-0.25, -0.2) is 4.79 Å². The van der Waals surface area contributed by atoms with Gasteiger partial charge in [0.25, 0.3) is 0 Å². The predicted octanol–water partition coefficient (Wildman–Crippen LogP) is 7.43. The number of urea groups is 1. The monoisotopic (exact) mass is 578 g/mol. The Morgan fingerprint density at radius 3 is 2.34 bits per heavy atom. The van der Waals surface area contributed by atoms with E-state index in [0.29, 0.717) is 43.5 Å². The Morgan fingerprint density at radius 2 is 1.73 bits per heavy atom. The maximum Gasteiger partial charge on any atom is 0.416 e. The summed E-state index contributed by atoms with van der Waals surface area (Å²) in [5.41, 5.74) is -1.83. The number of hydrogen-bond donors (Lipinski definition) is 1. The van der Waals surface area contributed by atoms with Crippen LogP contribution < -0.4 is 5.32 Å². The van der Waals surface area contributed by atoms with Crippen LogP contribution in [0.4, 0.5) is 36.8 Å². The highest BCUT2D eigenvalue weighted by atomic mass is 19.4. The fraction of sp³-hybridized carbons (Fsp3) is 0.533. The zero-order valence-corrected chi connectivity index (χ0v) is 22.5. The molecule has 2 aliphatic carbocycles. The predicted molar refractivity (Wildman–Crippen MR) is 141 cm³/mol. The number of nitriles is 1. The molecule has 2 amide bonds. The van der Waals surface area contributed by atoms with Crippen molar-refractivity contribution >= 4 is 11.7 Å². The van der Waals surface area contributed by atoms with Gasteiger partial charge in [-0.05, 0) is 112 Å². The summed E-state index contributed by atoms with van der Waals surface area (Å²) in [5, 5.41) is 11.7. The van der Waals surface area contributed by atoms with Crippen LogP contribution in [0.3, 0.4) is 0 Å². The van der Waals surface area contributed by atoms with Crippen molar-refractivity contribution in [2.75, 3.05) is 31.5 Å². The van der Waals surface area contributed by atoms with E-state index in [2.05, 4.69) is 16.3 Å². The van der Waals surface area contributed by atoms with Crippen LogP contribution in [0.2, 0.25) is 0 Å². The number of carbonyl (C=O) groups excluding carboxylic acids is 1. The smallest absolute Gasteiger partial charge is 0.321 e. The van der Waals surface area contributed by atoms with E-state index in [-0.39, 0.29) is 23.4 Å². The molecule has 1 N–H and O–H groups in total. The van der Waals surface area contributed by atoms with Crippen molar-refractivity contribution in [2.24, 2.45) is 5.92 Å². The molecular weight excluding hydrogens is 546 g/mol. The number of benzene rings is 2. The summed E-state index contributed by atoms with van der Waals surface area (Å²) in [6, 6.07) is 9.99. The average molecular weight is 579 g/mol. The third kappa shape index (κ3) is 6.48. The Hall–Kier alpha value is -3.26. The van der Waals surface area contributed by atoms with E-state index < -0.39 is 35.2 Å². The number of likely N-dealkylation sites (tertiary alicyclic amines) is 1. The van der Waals surface area contributed by atoms with Crippen LogP contribution in [0.5, 0.6) is 0 Å². The molecule has 0 radical (unpaired) electrons. The lowest BCUT2D eigenvalue weighted by Crippen LogP contribution is -2.46. The van der Waals surface area contributed by atoms with Crippen molar-refractivity contribution in [3.63, 3.8) is 0 Å². The number of hydrogen-bond acceptors (Lipinski definition) is 3. The van der Waals surface area contributed by atoms with E-state index in [9.17, 15) is 36.4 Å². The molecule has 3 atom stereocenters. The summed E-state index contributed by atoms with van der Waals surface area (Å²) in [6.07, 6.45) is -4.08. The van der Waals surface area contributed by atoms with Crippen molar-refractivity contribution in [2.45, 2.75) is 68.8 Å². The number of halogens is 6. The van der Waals surface area contributed by atoms with E-state index in [1.165, 1.54) is 0 Å². The summed E-state index contributed by atoms with van der Waals surface area (Å²) in [5.74, 6) is 0.287. The molecule has 1 heterocycles. The molecule has 2 aromatic carbocycles. The van der Waals surface area contributed by atoms with E-state index >= 15 is 0 Å². The molecule has 0 bridgehead atoms.